The van der Waals surface area contributed by atoms with E-state index in [1.165, 1.54) is 0 Å². The Labute approximate surface area is 122 Å². The highest BCUT2D eigenvalue weighted by Gasteiger charge is 2.05. The number of benzene rings is 1. The van der Waals surface area contributed by atoms with Gasteiger partial charge in [-0.2, -0.15) is 4.98 Å². The lowest BCUT2D eigenvalue weighted by Crippen LogP contribution is -2.02. The van der Waals surface area contributed by atoms with Crippen LogP contribution in [0.5, 0.6) is 0 Å². The average molecular weight is 293 g/mol. The van der Waals surface area contributed by atoms with Gasteiger partial charge in [-0.1, -0.05) is 25.4 Å². The van der Waals surface area contributed by atoms with E-state index < -0.39 is 0 Å². The van der Waals surface area contributed by atoms with E-state index in [1.807, 2.05) is 13.8 Å². The number of hydrogen-bond acceptors (Lipinski definition) is 6. The van der Waals surface area contributed by atoms with Gasteiger partial charge >= 0.3 is 0 Å². The van der Waals surface area contributed by atoms with Crippen molar-refractivity contribution in [3.63, 3.8) is 0 Å². The van der Waals surface area contributed by atoms with Crippen LogP contribution < -0.4 is 16.8 Å². The molecule has 6 N–H and O–H groups in total. The molecule has 0 spiro atoms. The van der Waals surface area contributed by atoms with Gasteiger partial charge in [0.05, 0.1) is 0 Å². The molecule has 7 heteroatoms. The summed E-state index contributed by atoms with van der Waals surface area (Å²) in [6, 6.07) is 6.78. The summed E-state index contributed by atoms with van der Waals surface area (Å²) >= 11 is 5.64. The zero-order valence-corrected chi connectivity index (χ0v) is 12.1. The molecule has 2 rings (SSSR count). The van der Waals surface area contributed by atoms with E-state index in [-0.39, 0.29) is 11.1 Å². The van der Waals surface area contributed by atoms with Crippen molar-refractivity contribution in [2.24, 2.45) is 0 Å². The van der Waals surface area contributed by atoms with Crippen LogP contribution in [0.3, 0.4) is 0 Å². The van der Waals surface area contributed by atoms with Crippen molar-refractivity contribution in [1.82, 2.24) is 9.97 Å². The Hall–Kier alpha value is -2.34. The molecule has 2 aromatic rings. The smallest absolute Gasteiger partial charge is 0.221 e. The predicted molar refractivity (Wildman–Crippen MR) is 84.6 cm³/mol. The number of hydrogen-bond donors (Lipinski definition) is 4. The zero-order chi connectivity index (χ0) is 15.1. The zero-order valence-electron chi connectivity index (χ0n) is 11.3. The molecule has 0 aliphatic rings. The van der Waals surface area contributed by atoms with Gasteiger partial charge in [-0.3, -0.25) is 5.41 Å². The summed E-state index contributed by atoms with van der Waals surface area (Å²) in [5.41, 5.74) is 12.8. The molecule has 0 radical (unpaired) electrons. The fourth-order valence-corrected chi connectivity index (χ4v) is 1.58. The Bertz CT molecular complexity index is 599. The second-order valence-electron chi connectivity index (χ2n) is 3.54. The predicted octanol–water partition coefficient (Wildman–Crippen LogP) is 2.97. The number of nitrogens with two attached hydrogens (primary N) is 2. The van der Waals surface area contributed by atoms with Gasteiger partial charge in [0.15, 0.2) is 0 Å². The monoisotopic (exact) mass is 292 g/mol. The Balaban J connectivity index is 0.000000956. The number of nitrogens with one attached hydrogen (secondary N) is 2. The molecule has 106 valence electrons. The fourth-order valence-electron chi connectivity index (χ4n) is 1.42. The lowest BCUT2D eigenvalue weighted by Gasteiger charge is -2.08. The van der Waals surface area contributed by atoms with Crippen LogP contribution in [0.25, 0.3) is 0 Å². The lowest BCUT2D eigenvalue weighted by molar-refractivity contribution is 1.18. The molecule has 0 amide bonds. The molecule has 1 aromatic carbocycles. The van der Waals surface area contributed by atoms with Crippen LogP contribution in [-0.4, -0.2) is 15.1 Å². The van der Waals surface area contributed by atoms with E-state index in [0.717, 1.165) is 0 Å². The SMILES string of the molecule is CC.N=C(Cl)c1cc(Nc2ccnc(N)n2)ccc1N. The summed E-state index contributed by atoms with van der Waals surface area (Å²) in [5, 5.41) is 10.3. The Kier molecular flexibility index (Phi) is 5.74. The van der Waals surface area contributed by atoms with Crippen LogP contribution in [0.4, 0.5) is 23.1 Å². The third-order valence-electron chi connectivity index (χ3n) is 2.24. The van der Waals surface area contributed by atoms with Crippen LogP contribution in [0.1, 0.15) is 19.4 Å². The first kappa shape index (κ1) is 15.7. The largest absolute Gasteiger partial charge is 0.398 e. The van der Waals surface area contributed by atoms with Crippen molar-refractivity contribution in [2.75, 3.05) is 16.8 Å². The maximum atomic E-state index is 7.40. The van der Waals surface area contributed by atoms with Crippen LogP contribution in [0.2, 0.25) is 0 Å². The summed E-state index contributed by atoms with van der Waals surface area (Å²) in [6.45, 7) is 4.00. The minimum Gasteiger partial charge on any atom is -0.398 e. The maximum Gasteiger partial charge on any atom is 0.221 e. The molecular formula is C13H17ClN6. The molecule has 20 heavy (non-hydrogen) atoms. The average Bonchev–Trinajstić information content (AvgIpc) is 2.43. The third-order valence-corrected chi connectivity index (χ3v) is 2.44. The van der Waals surface area contributed by atoms with Crippen molar-refractivity contribution in [3.8, 4) is 0 Å². The summed E-state index contributed by atoms with van der Waals surface area (Å²) in [5.74, 6) is 0.736. The third kappa shape index (κ3) is 4.10. The van der Waals surface area contributed by atoms with E-state index in [4.69, 9.17) is 28.5 Å². The van der Waals surface area contributed by atoms with Crippen molar-refractivity contribution in [1.29, 1.82) is 5.41 Å². The van der Waals surface area contributed by atoms with Gasteiger partial charge in [-0.25, -0.2) is 4.98 Å². The topological polar surface area (TPSA) is 114 Å². The van der Waals surface area contributed by atoms with Crippen LogP contribution in [0.15, 0.2) is 30.5 Å². The molecule has 0 bridgehead atoms. The minimum atomic E-state index is -0.113. The Morgan fingerprint density at radius 2 is 1.95 bits per heavy atom. The Morgan fingerprint density at radius 1 is 1.25 bits per heavy atom. The number of nitrogens with zero attached hydrogens (tertiary/aromatic N) is 2. The van der Waals surface area contributed by atoms with Gasteiger partial charge in [0, 0.05) is 23.1 Å². The first-order chi connectivity index (χ1) is 9.56. The maximum absolute atomic E-state index is 7.40. The number of halogens is 1. The molecule has 1 heterocycles. The van der Waals surface area contributed by atoms with Crippen molar-refractivity contribution in [3.05, 3.63) is 36.0 Å². The summed E-state index contributed by atoms with van der Waals surface area (Å²) in [7, 11) is 0. The molecule has 0 aliphatic heterocycles. The van der Waals surface area contributed by atoms with Gasteiger partial charge in [0.2, 0.25) is 5.95 Å². The molecule has 0 saturated heterocycles. The number of aromatic nitrogens is 2. The van der Waals surface area contributed by atoms with Gasteiger partial charge in [0.25, 0.3) is 0 Å². The molecular weight excluding hydrogens is 276 g/mol. The van der Waals surface area contributed by atoms with Crippen LogP contribution >= 0.6 is 11.6 Å². The standard InChI is InChI=1S/C11H11ClN6.C2H6/c12-10(14)7-5-6(1-2-8(7)13)17-9-3-4-16-11(15)18-9;1-2/h1-5,14H,13H2,(H3,15,16,17,18);1-2H3. The lowest BCUT2D eigenvalue weighted by atomic mass is 10.1. The number of rotatable bonds is 3. The highest BCUT2D eigenvalue weighted by Crippen LogP contribution is 2.22. The molecule has 0 saturated carbocycles. The molecule has 1 aromatic heterocycles. The van der Waals surface area contributed by atoms with Crippen molar-refractivity contribution < 1.29 is 0 Å². The molecule has 0 aliphatic carbocycles. The van der Waals surface area contributed by atoms with E-state index in [2.05, 4.69) is 15.3 Å². The molecule has 0 fully saturated rings. The Morgan fingerprint density at radius 3 is 2.55 bits per heavy atom. The van der Waals surface area contributed by atoms with Crippen LogP contribution in [0, 0.1) is 5.41 Å². The highest BCUT2D eigenvalue weighted by atomic mass is 35.5. The second-order valence-corrected chi connectivity index (χ2v) is 3.92. The van der Waals surface area contributed by atoms with Crippen molar-refractivity contribution >= 4 is 39.9 Å². The number of anilines is 4. The van der Waals surface area contributed by atoms with Gasteiger partial charge in [-0.15, -0.1) is 0 Å². The first-order valence-electron chi connectivity index (χ1n) is 6.06. The fraction of sp³-hybridized carbons (Fsp3) is 0.154. The van der Waals surface area contributed by atoms with E-state index in [1.54, 1.807) is 30.5 Å². The first-order valence-corrected chi connectivity index (χ1v) is 6.43. The molecule has 6 nitrogen and oxygen atoms in total. The van der Waals surface area contributed by atoms with E-state index in [9.17, 15) is 0 Å². The van der Waals surface area contributed by atoms with Gasteiger partial charge in [0.1, 0.15) is 11.0 Å². The molecule has 0 unspecified atom stereocenters. The normalized spacial score (nSPS) is 9.35. The minimum absolute atomic E-state index is 0.113. The van der Waals surface area contributed by atoms with Crippen molar-refractivity contribution in [2.45, 2.75) is 13.8 Å². The quantitative estimate of drug-likeness (QED) is 0.513. The summed E-state index contributed by atoms with van der Waals surface area (Å²) < 4.78 is 0. The van der Waals surface area contributed by atoms with Crippen LogP contribution in [-0.2, 0) is 0 Å². The van der Waals surface area contributed by atoms with E-state index in [0.29, 0.717) is 22.8 Å². The number of nitrogen functional groups attached to an aromatic ring is 2. The summed E-state index contributed by atoms with van der Waals surface area (Å²) in [4.78, 5) is 7.80. The van der Waals surface area contributed by atoms with E-state index >= 15 is 0 Å². The summed E-state index contributed by atoms with van der Waals surface area (Å²) in [6.07, 6.45) is 1.55. The molecule has 0 atom stereocenters. The second kappa shape index (κ2) is 7.30. The highest BCUT2D eigenvalue weighted by molar-refractivity contribution is 6.69. The van der Waals surface area contributed by atoms with Gasteiger partial charge < -0.3 is 16.8 Å². The van der Waals surface area contributed by atoms with Gasteiger partial charge in [-0.05, 0) is 24.3 Å².